The lowest BCUT2D eigenvalue weighted by Crippen LogP contribution is -2.17. The molecular formula is C13H16F2. The highest BCUT2D eigenvalue weighted by Gasteiger charge is 2.26. The van der Waals surface area contributed by atoms with Gasteiger partial charge in [0.2, 0.25) is 0 Å². The zero-order valence-electron chi connectivity index (χ0n) is 9.19. The van der Waals surface area contributed by atoms with Gasteiger partial charge in [0.15, 0.2) is 0 Å². The van der Waals surface area contributed by atoms with Crippen molar-refractivity contribution in [3.8, 4) is 0 Å². The third-order valence-corrected chi connectivity index (χ3v) is 3.32. The standard InChI is InChI=1S/C13H16F2/c1-8(2)11-5-3-4-9-6-10(14)7-12(15)13(9)11/h6-8,11H,3-5H2,1-2H3. The van der Waals surface area contributed by atoms with E-state index >= 15 is 0 Å². The van der Waals surface area contributed by atoms with Gasteiger partial charge in [-0.25, -0.2) is 8.78 Å². The largest absolute Gasteiger partial charge is 0.207 e. The van der Waals surface area contributed by atoms with Crippen molar-refractivity contribution in [2.24, 2.45) is 5.92 Å². The second-order valence-corrected chi connectivity index (χ2v) is 4.70. The van der Waals surface area contributed by atoms with Gasteiger partial charge >= 0.3 is 0 Å². The molecule has 0 radical (unpaired) electrons. The molecule has 0 aromatic heterocycles. The van der Waals surface area contributed by atoms with E-state index in [-0.39, 0.29) is 11.7 Å². The van der Waals surface area contributed by atoms with Crippen molar-refractivity contribution in [2.45, 2.75) is 39.0 Å². The van der Waals surface area contributed by atoms with Crippen LogP contribution in [0.3, 0.4) is 0 Å². The maximum atomic E-state index is 13.7. The van der Waals surface area contributed by atoms with Crippen molar-refractivity contribution in [1.82, 2.24) is 0 Å². The molecule has 1 aliphatic rings. The first-order chi connectivity index (χ1) is 7.09. The minimum atomic E-state index is -0.448. The lowest BCUT2D eigenvalue weighted by molar-refractivity contribution is 0.411. The molecule has 0 fully saturated rings. The van der Waals surface area contributed by atoms with E-state index in [1.165, 1.54) is 6.07 Å². The SMILES string of the molecule is CC(C)C1CCCc2cc(F)cc(F)c21. The van der Waals surface area contributed by atoms with Crippen LogP contribution in [0.15, 0.2) is 12.1 Å². The first-order valence-electron chi connectivity index (χ1n) is 5.57. The Morgan fingerprint density at radius 2 is 2.00 bits per heavy atom. The summed E-state index contributed by atoms with van der Waals surface area (Å²) in [6, 6.07) is 2.51. The zero-order valence-corrected chi connectivity index (χ0v) is 9.19. The highest BCUT2D eigenvalue weighted by molar-refractivity contribution is 5.35. The van der Waals surface area contributed by atoms with Gasteiger partial charge in [-0.15, -0.1) is 0 Å². The summed E-state index contributed by atoms with van der Waals surface area (Å²) in [4.78, 5) is 0. The number of benzene rings is 1. The average molecular weight is 210 g/mol. The van der Waals surface area contributed by atoms with E-state index in [2.05, 4.69) is 13.8 Å². The van der Waals surface area contributed by atoms with Crippen LogP contribution in [0.5, 0.6) is 0 Å². The summed E-state index contributed by atoms with van der Waals surface area (Å²) in [6.07, 6.45) is 2.87. The monoisotopic (exact) mass is 210 g/mol. The second-order valence-electron chi connectivity index (χ2n) is 4.70. The van der Waals surface area contributed by atoms with Gasteiger partial charge in [-0.3, -0.25) is 0 Å². The fourth-order valence-electron chi connectivity index (χ4n) is 2.58. The highest BCUT2D eigenvalue weighted by Crippen LogP contribution is 2.38. The van der Waals surface area contributed by atoms with Gasteiger partial charge in [0.05, 0.1) is 0 Å². The number of aryl methyl sites for hydroxylation is 1. The highest BCUT2D eigenvalue weighted by atomic mass is 19.1. The number of rotatable bonds is 1. The van der Waals surface area contributed by atoms with Crippen molar-refractivity contribution in [2.75, 3.05) is 0 Å². The van der Waals surface area contributed by atoms with Gasteiger partial charge in [0, 0.05) is 6.07 Å². The Morgan fingerprint density at radius 1 is 1.27 bits per heavy atom. The van der Waals surface area contributed by atoms with Crippen LogP contribution >= 0.6 is 0 Å². The van der Waals surface area contributed by atoms with Crippen LogP contribution in [-0.2, 0) is 6.42 Å². The van der Waals surface area contributed by atoms with Crippen molar-refractivity contribution >= 4 is 0 Å². The maximum absolute atomic E-state index is 13.7. The van der Waals surface area contributed by atoms with Crippen molar-refractivity contribution < 1.29 is 8.78 Å². The second kappa shape index (κ2) is 3.92. The number of fused-ring (bicyclic) bond motifs is 1. The van der Waals surface area contributed by atoms with Gasteiger partial charge in [-0.2, -0.15) is 0 Å². The Balaban J connectivity index is 2.51. The van der Waals surface area contributed by atoms with E-state index in [1.54, 1.807) is 0 Å². The first-order valence-corrected chi connectivity index (χ1v) is 5.57. The third kappa shape index (κ3) is 1.90. The molecule has 1 aromatic rings. The molecule has 1 aliphatic carbocycles. The van der Waals surface area contributed by atoms with Crippen molar-refractivity contribution in [3.05, 3.63) is 34.9 Å². The normalized spacial score (nSPS) is 20.5. The van der Waals surface area contributed by atoms with E-state index in [4.69, 9.17) is 0 Å². The van der Waals surface area contributed by atoms with Crippen LogP contribution in [-0.4, -0.2) is 0 Å². The van der Waals surface area contributed by atoms with E-state index in [0.717, 1.165) is 36.5 Å². The predicted octanol–water partition coefficient (Wildman–Crippen LogP) is 4.04. The van der Waals surface area contributed by atoms with Crippen molar-refractivity contribution in [3.63, 3.8) is 0 Å². The summed E-state index contributed by atoms with van der Waals surface area (Å²) >= 11 is 0. The molecule has 0 saturated carbocycles. The number of hydrogen-bond donors (Lipinski definition) is 0. The molecule has 2 rings (SSSR count). The Bertz CT molecular complexity index is 369. The predicted molar refractivity (Wildman–Crippen MR) is 56.9 cm³/mol. The van der Waals surface area contributed by atoms with Gasteiger partial charge in [0.25, 0.3) is 0 Å². The summed E-state index contributed by atoms with van der Waals surface area (Å²) in [5, 5.41) is 0. The fraction of sp³-hybridized carbons (Fsp3) is 0.538. The van der Waals surface area contributed by atoms with Crippen LogP contribution in [0, 0.1) is 17.6 Å². The topological polar surface area (TPSA) is 0 Å². The molecule has 82 valence electrons. The van der Waals surface area contributed by atoms with Crippen LogP contribution in [0.4, 0.5) is 8.78 Å². The molecule has 0 saturated heterocycles. The molecule has 0 aliphatic heterocycles. The Morgan fingerprint density at radius 3 is 2.67 bits per heavy atom. The molecule has 15 heavy (non-hydrogen) atoms. The summed E-state index contributed by atoms with van der Waals surface area (Å²) in [7, 11) is 0. The van der Waals surface area contributed by atoms with E-state index in [0.29, 0.717) is 5.92 Å². The minimum Gasteiger partial charge on any atom is -0.207 e. The van der Waals surface area contributed by atoms with Crippen LogP contribution < -0.4 is 0 Å². The quantitative estimate of drug-likeness (QED) is 0.656. The first kappa shape index (κ1) is 10.6. The molecule has 0 bridgehead atoms. The number of halogens is 2. The molecule has 0 nitrogen and oxygen atoms in total. The zero-order chi connectivity index (χ0) is 11.0. The molecule has 1 atom stereocenters. The molecule has 0 spiro atoms. The molecule has 1 aromatic carbocycles. The third-order valence-electron chi connectivity index (χ3n) is 3.32. The van der Waals surface area contributed by atoms with Gasteiger partial charge < -0.3 is 0 Å². The fourth-order valence-corrected chi connectivity index (χ4v) is 2.58. The minimum absolute atomic E-state index is 0.259. The van der Waals surface area contributed by atoms with Gasteiger partial charge in [-0.05, 0) is 48.3 Å². The van der Waals surface area contributed by atoms with Crippen LogP contribution in [0.1, 0.15) is 43.7 Å². The van der Waals surface area contributed by atoms with Gasteiger partial charge in [0.1, 0.15) is 11.6 Å². The molecule has 1 unspecified atom stereocenters. The Labute approximate surface area is 89.3 Å². The molecule has 2 heteroatoms. The van der Waals surface area contributed by atoms with E-state index < -0.39 is 5.82 Å². The van der Waals surface area contributed by atoms with E-state index in [1.807, 2.05) is 0 Å². The lowest BCUT2D eigenvalue weighted by atomic mass is 9.77. The maximum Gasteiger partial charge on any atom is 0.129 e. The smallest absolute Gasteiger partial charge is 0.129 e. The van der Waals surface area contributed by atoms with Crippen LogP contribution in [0.25, 0.3) is 0 Å². The van der Waals surface area contributed by atoms with Gasteiger partial charge in [-0.1, -0.05) is 13.8 Å². The summed E-state index contributed by atoms with van der Waals surface area (Å²) in [5.41, 5.74) is 1.63. The lowest BCUT2D eigenvalue weighted by Gasteiger charge is -2.28. The van der Waals surface area contributed by atoms with Crippen molar-refractivity contribution in [1.29, 1.82) is 0 Å². The molecule has 0 heterocycles. The molecule has 0 amide bonds. The Kier molecular flexibility index (Phi) is 2.76. The van der Waals surface area contributed by atoms with Crippen LogP contribution in [0.2, 0.25) is 0 Å². The summed E-state index contributed by atoms with van der Waals surface area (Å²) < 4.78 is 26.7. The number of hydrogen-bond acceptors (Lipinski definition) is 0. The van der Waals surface area contributed by atoms with E-state index in [9.17, 15) is 8.78 Å². The molecule has 0 N–H and O–H groups in total. The molecular weight excluding hydrogens is 194 g/mol. The summed E-state index contributed by atoms with van der Waals surface area (Å²) in [5.74, 6) is -0.127. The Hall–Kier alpha value is -0.920. The summed E-state index contributed by atoms with van der Waals surface area (Å²) in [6.45, 7) is 4.20. The average Bonchev–Trinajstić information content (AvgIpc) is 2.16.